The van der Waals surface area contributed by atoms with Crippen molar-refractivity contribution >= 4 is 29.0 Å². The van der Waals surface area contributed by atoms with E-state index in [1.54, 1.807) is 29.4 Å². The van der Waals surface area contributed by atoms with E-state index in [9.17, 15) is 9.59 Å². The van der Waals surface area contributed by atoms with Crippen molar-refractivity contribution in [2.45, 2.75) is 13.0 Å². The number of hydrogen-bond acceptors (Lipinski definition) is 4. The Hall–Kier alpha value is -2.41. The number of anilines is 1. The summed E-state index contributed by atoms with van der Waals surface area (Å²) in [7, 11) is 1.73. The lowest BCUT2D eigenvalue weighted by molar-refractivity contribution is 0.0995. The number of pyridine rings is 1. The fourth-order valence-corrected chi connectivity index (χ4v) is 2.55. The molecular weight excluding hydrogens is 288 g/mol. The molecule has 0 radical (unpaired) electrons. The van der Waals surface area contributed by atoms with Gasteiger partial charge in [0, 0.05) is 11.9 Å². The Kier molecular flexibility index (Phi) is 4.54. The fourth-order valence-electron chi connectivity index (χ4n) is 1.72. The summed E-state index contributed by atoms with van der Waals surface area (Å²) in [5, 5.41) is 4.70. The molecule has 3 amide bonds. The second-order valence-corrected chi connectivity index (χ2v) is 5.51. The van der Waals surface area contributed by atoms with Gasteiger partial charge in [-0.15, -0.1) is 11.3 Å². The van der Waals surface area contributed by atoms with Gasteiger partial charge in [0.25, 0.3) is 5.91 Å². The third kappa shape index (κ3) is 3.57. The quantitative estimate of drug-likeness (QED) is 0.909. The molecule has 0 saturated heterocycles. The number of carbonyl (C=O) groups is 2. The number of nitrogens with one attached hydrogen (secondary N) is 1. The molecule has 0 aliphatic heterocycles. The highest BCUT2D eigenvalue weighted by atomic mass is 32.1. The van der Waals surface area contributed by atoms with E-state index in [1.807, 2.05) is 24.4 Å². The van der Waals surface area contributed by atoms with Gasteiger partial charge >= 0.3 is 6.03 Å². The number of hydrogen-bond donors (Lipinski definition) is 2. The third-order valence-electron chi connectivity index (χ3n) is 3.12. The van der Waals surface area contributed by atoms with Gasteiger partial charge < -0.3 is 16.0 Å². The van der Waals surface area contributed by atoms with Gasteiger partial charge in [0.15, 0.2) is 0 Å². The lowest BCUT2D eigenvalue weighted by atomic mass is 10.2. The van der Waals surface area contributed by atoms with Crippen LogP contribution in [0.5, 0.6) is 0 Å². The largest absolute Gasteiger partial charge is 0.364 e. The molecule has 0 aliphatic carbocycles. The second-order valence-electron chi connectivity index (χ2n) is 4.53. The van der Waals surface area contributed by atoms with Crippen molar-refractivity contribution in [1.82, 2.24) is 9.88 Å². The van der Waals surface area contributed by atoms with Crippen molar-refractivity contribution in [3.8, 4) is 0 Å². The number of primary amides is 1. The molecule has 0 spiro atoms. The molecule has 0 bridgehead atoms. The Bertz CT molecular complexity index is 625. The predicted octanol–water partition coefficient (Wildman–Crippen LogP) is 2.47. The van der Waals surface area contributed by atoms with E-state index in [1.165, 1.54) is 12.3 Å². The van der Waals surface area contributed by atoms with E-state index in [0.29, 0.717) is 5.69 Å². The molecule has 110 valence electrons. The van der Waals surface area contributed by atoms with Crippen molar-refractivity contribution in [3.05, 3.63) is 46.4 Å². The molecule has 0 aliphatic rings. The Morgan fingerprint density at radius 3 is 2.67 bits per heavy atom. The summed E-state index contributed by atoms with van der Waals surface area (Å²) in [6.07, 6.45) is 1.40. The van der Waals surface area contributed by atoms with Gasteiger partial charge in [-0.1, -0.05) is 6.07 Å². The summed E-state index contributed by atoms with van der Waals surface area (Å²) >= 11 is 1.60. The molecule has 3 N–H and O–H groups in total. The summed E-state index contributed by atoms with van der Waals surface area (Å²) in [5.74, 6) is -0.601. The van der Waals surface area contributed by atoms with Crippen LogP contribution in [0.3, 0.4) is 0 Å². The maximum atomic E-state index is 12.2. The predicted molar refractivity (Wildman–Crippen MR) is 82.3 cm³/mol. The van der Waals surface area contributed by atoms with Crippen LogP contribution >= 0.6 is 11.3 Å². The minimum Gasteiger partial charge on any atom is -0.364 e. The number of carbonyl (C=O) groups excluding carboxylic acids is 2. The molecule has 0 saturated carbocycles. The number of nitrogens with two attached hydrogens (primary N) is 1. The van der Waals surface area contributed by atoms with Gasteiger partial charge in [-0.3, -0.25) is 4.79 Å². The van der Waals surface area contributed by atoms with Crippen molar-refractivity contribution < 1.29 is 9.59 Å². The van der Waals surface area contributed by atoms with Crippen LogP contribution in [-0.2, 0) is 0 Å². The first-order valence-corrected chi connectivity index (χ1v) is 7.20. The van der Waals surface area contributed by atoms with Crippen LogP contribution < -0.4 is 11.1 Å². The minimum absolute atomic E-state index is 0.0251. The number of rotatable bonds is 4. The van der Waals surface area contributed by atoms with Gasteiger partial charge in [-0.05, 0) is 30.5 Å². The lowest BCUT2D eigenvalue weighted by Crippen LogP contribution is -2.33. The zero-order chi connectivity index (χ0) is 15.4. The molecule has 0 fully saturated rings. The molecule has 6 nitrogen and oxygen atoms in total. The lowest BCUT2D eigenvalue weighted by Gasteiger charge is -2.24. The van der Waals surface area contributed by atoms with E-state index < -0.39 is 5.91 Å². The first kappa shape index (κ1) is 15.0. The van der Waals surface area contributed by atoms with E-state index in [-0.39, 0.29) is 17.8 Å². The number of aromatic nitrogens is 1. The zero-order valence-electron chi connectivity index (χ0n) is 11.7. The topological polar surface area (TPSA) is 88.3 Å². The average molecular weight is 304 g/mol. The standard InChI is InChI=1S/C14H16N4O2S/c1-9(12-4-3-7-21-12)18(2)14(20)17-10-5-6-11(13(15)19)16-8-10/h3-9H,1-2H3,(H2,15,19)(H,17,20). The molecule has 0 aromatic carbocycles. The molecule has 2 aromatic rings. The van der Waals surface area contributed by atoms with E-state index >= 15 is 0 Å². The van der Waals surface area contributed by atoms with Crippen LogP contribution in [-0.4, -0.2) is 28.9 Å². The SMILES string of the molecule is CC(c1cccs1)N(C)C(=O)Nc1ccc(C(N)=O)nc1. The Morgan fingerprint density at radius 1 is 1.38 bits per heavy atom. The number of amides is 3. The number of thiophene rings is 1. The summed E-state index contributed by atoms with van der Waals surface area (Å²) in [5.41, 5.74) is 5.78. The molecule has 2 heterocycles. The van der Waals surface area contributed by atoms with Crippen LogP contribution in [0.4, 0.5) is 10.5 Å². The van der Waals surface area contributed by atoms with Crippen molar-refractivity contribution in [3.63, 3.8) is 0 Å². The molecule has 7 heteroatoms. The third-order valence-corrected chi connectivity index (χ3v) is 4.17. The smallest absolute Gasteiger partial charge is 0.322 e. The first-order valence-electron chi connectivity index (χ1n) is 6.32. The minimum atomic E-state index is -0.601. The van der Waals surface area contributed by atoms with Crippen LogP contribution in [0, 0.1) is 0 Å². The molecule has 21 heavy (non-hydrogen) atoms. The number of nitrogens with zero attached hydrogens (tertiary/aromatic N) is 2. The summed E-state index contributed by atoms with van der Waals surface area (Å²) < 4.78 is 0. The van der Waals surface area contributed by atoms with Crippen molar-refractivity contribution in [2.75, 3.05) is 12.4 Å². The van der Waals surface area contributed by atoms with Gasteiger partial charge in [0.1, 0.15) is 5.69 Å². The molecular formula is C14H16N4O2S. The zero-order valence-corrected chi connectivity index (χ0v) is 12.6. The van der Waals surface area contributed by atoms with Crippen LogP contribution in [0.1, 0.15) is 28.3 Å². The highest BCUT2D eigenvalue weighted by Gasteiger charge is 2.18. The maximum absolute atomic E-state index is 12.2. The monoisotopic (exact) mass is 304 g/mol. The summed E-state index contributed by atoms with van der Waals surface area (Å²) in [6, 6.07) is 6.74. The van der Waals surface area contributed by atoms with Gasteiger partial charge in [-0.25, -0.2) is 9.78 Å². The van der Waals surface area contributed by atoms with Crippen LogP contribution in [0.2, 0.25) is 0 Å². The van der Waals surface area contributed by atoms with Crippen molar-refractivity contribution in [2.24, 2.45) is 5.73 Å². The summed E-state index contributed by atoms with van der Waals surface area (Å²) in [4.78, 5) is 29.7. The highest BCUT2D eigenvalue weighted by molar-refractivity contribution is 7.10. The normalized spacial score (nSPS) is 11.7. The van der Waals surface area contributed by atoms with Crippen LogP contribution in [0.15, 0.2) is 35.8 Å². The Balaban J connectivity index is 2.02. The number of urea groups is 1. The van der Waals surface area contributed by atoms with E-state index in [4.69, 9.17) is 5.73 Å². The van der Waals surface area contributed by atoms with Gasteiger partial charge in [-0.2, -0.15) is 0 Å². The molecule has 2 aromatic heterocycles. The van der Waals surface area contributed by atoms with Crippen molar-refractivity contribution in [1.29, 1.82) is 0 Å². The highest BCUT2D eigenvalue weighted by Crippen LogP contribution is 2.23. The summed E-state index contributed by atoms with van der Waals surface area (Å²) in [6.45, 7) is 1.96. The molecule has 1 atom stereocenters. The van der Waals surface area contributed by atoms with E-state index in [2.05, 4.69) is 10.3 Å². The molecule has 2 rings (SSSR count). The first-order chi connectivity index (χ1) is 9.99. The molecule has 1 unspecified atom stereocenters. The van der Waals surface area contributed by atoms with Gasteiger partial charge in [0.2, 0.25) is 0 Å². The Morgan fingerprint density at radius 2 is 2.14 bits per heavy atom. The average Bonchev–Trinajstić information content (AvgIpc) is 3.00. The van der Waals surface area contributed by atoms with E-state index in [0.717, 1.165) is 4.88 Å². The van der Waals surface area contributed by atoms with Crippen LogP contribution in [0.25, 0.3) is 0 Å². The fraction of sp³-hybridized carbons (Fsp3) is 0.214. The van der Waals surface area contributed by atoms with Gasteiger partial charge in [0.05, 0.1) is 17.9 Å². The second kappa shape index (κ2) is 6.36. The maximum Gasteiger partial charge on any atom is 0.322 e. The Labute approximate surface area is 126 Å².